The van der Waals surface area contributed by atoms with Gasteiger partial charge < -0.3 is 15.3 Å². The predicted octanol–water partition coefficient (Wildman–Crippen LogP) is 15.3. The van der Waals surface area contributed by atoms with Gasteiger partial charge in [0.1, 0.15) is 0 Å². The Labute approximate surface area is 399 Å². The van der Waals surface area contributed by atoms with Gasteiger partial charge in [0.15, 0.2) is 0 Å². The number of rotatable bonds is 6. The molecule has 4 saturated carbocycles. The Bertz CT molecular complexity index is 2160. The van der Waals surface area contributed by atoms with Gasteiger partial charge in [-0.2, -0.15) is 0 Å². The second kappa shape index (κ2) is 18.5. The molecule has 11 unspecified atom stereocenters. The maximum atomic E-state index is 11.9. The first kappa shape index (κ1) is 50.5. The molecule has 6 nitrogen and oxygen atoms in total. The van der Waals surface area contributed by atoms with Gasteiger partial charge in [0.2, 0.25) is 0 Å². The SMILES string of the molecule is CC(C)C1=CC2=CCC3C(C)(C(=O)O)CCCC3(C)C2CC1.CC(C)C1=CCC2C(=C1)CCC1C(C)(C(=O)O)CCCC21C.CC(C)c1ccc2c(c1)CCC1C(C)(C(=O)O)CCCC21C. The summed E-state index contributed by atoms with van der Waals surface area (Å²) in [5.41, 5.74) is 9.13. The lowest BCUT2D eigenvalue weighted by Crippen LogP contribution is -2.53. The molecule has 0 spiro atoms. The predicted molar refractivity (Wildman–Crippen MR) is 268 cm³/mol. The molecule has 0 saturated heterocycles. The summed E-state index contributed by atoms with van der Waals surface area (Å²) in [6, 6.07) is 6.92. The van der Waals surface area contributed by atoms with Crippen LogP contribution in [0.4, 0.5) is 0 Å². The third-order valence-electron chi connectivity index (χ3n) is 20.6. The lowest BCUT2D eigenvalue weighted by atomic mass is 9.46. The highest BCUT2D eigenvalue weighted by Crippen LogP contribution is 2.64. The number of hydrogen-bond donors (Lipinski definition) is 3. The number of carbonyl (C=O) groups is 3. The second-order valence-corrected chi connectivity index (χ2v) is 25.2. The summed E-state index contributed by atoms with van der Waals surface area (Å²) in [4.78, 5) is 35.8. The van der Waals surface area contributed by atoms with Crippen LogP contribution in [0, 0.1) is 68.5 Å². The monoisotopic (exact) mass is 905 g/mol. The molecule has 0 heterocycles. The van der Waals surface area contributed by atoms with Gasteiger partial charge in [0.05, 0.1) is 16.2 Å². The van der Waals surface area contributed by atoms with E-state index in [1.54, 1.807) is 11.1 Å². The molecule has 1 aromatic rings. The van der Waals surface area contributed by atoms with Crippen LogP contribution in [-0.2, 0) is 26.2 Å². The van der Waals surface area contributed by atoms with Crippen molar-refractivity contribution in [1.29, 1.82) is 0 Å². The van der Waals surface area contributed by atoms with Crippen molar-refractivity contribution < 1.29 is 29.7 Å². The number of aliphatic carboxylic acids is 3. The standard InChI is InChI=1S/2C20H30O2.C20H28O2/c3*1-13(2)14-6-8-16-15(12-14)7-9-17-19(16,3)10-5-11-20(17,4)18(21)22/h7,12-13,16-17H,5-6,8-11H2,1-4H3,(H,21,22);6,12-13,16-17H,5,7-11H2,1-4H3,(H,21,22);6,8,12-13,17H,5,7,9-11H2,1-4H3,(H,21,22). The van der Waals surface area contributed by atoms with E-state index < -0.39 is 34.2 Å². The van der Waals surface area contributed by atoms with E-state index in [0.29, 0.717) is 35.5 Å². The van der Waals surface area contributed by atoms with Crippen molar-refractivity contribution >= 4 is 17.9 Å². The number of benzene rings is 1. The highest BCUT2D eigenvalue weighted by molar-refractivity contribution is 5.76. The first-order valence-electron chi connectivity index (χ1n) is 26.5. The average molecular weight is 905 g/mol. The number of carboxylic acids is 3. The normalized spacial score (nSPS) is 38.9. The van der Waals surface area contributed by atoms with E-state index in [1.807, 2.05) is 20.8 Å². The van der Waals surface area contributed by atoms with Crippen molar-refractivity contribution in [1.82, 2.24) is 0 Å². The fourth-order valence-corrected chi connectivity index (χ4v) is 16.4. The minimum absolute atomic E-state index is 0.0223. The molecule has 0 amide bonds. The van der Waals surface area contributed by atoms with Crippen molar-refractivity contribution in [2.75, 3.05) is 0 Å². The summed E-state index contributed by atoms with van der Waals surface area (Å²) >= 11 is 0. The molecule has 3 N–H and O–H groups in total. The van der Waals surface area contributed by atoms with E-state index in [4.69, 9.17) is 0 Å². The molecule has 9 rings (SSSR count). The Morgan fingerprint density at radius 2 is 1.12 bits per heavy atom. The van der Waals surface area contributed by atoms with Crippen LogP contribution < -0.4 is 0 Å². The highest BCUT2D eigenvalue weighted by atomic mass is 16.4. The molecular formula is C60H88O6. The van der Waals surface area contributed by atoms with Crippen LogP contribution >= 0.6 is 0 Å². The Hall–Kier alpha value is -3.41. The Kier molecular flexibility index (Phi) is 14.1. The van der Waals surface area contributed by atoms with Gasteiger partial charge in [0, 0.05) is 0 Å². The number of hydrogen-bond acceptors (Lipinski definition) is 3. The van der Waals surface area contributed by atoms with Crippen LogP contribution in [0.25, 0.3) is 0 Å². The summed E-state index contributed by atoms with van der Waals surface area (Å²) in [7, 11) is 0. The molecule has 8 aliphatic rings. The Morgan fingerprint density at radius 3 is 1.70 bits per heavy atom. The molecule has 11 atom stereocenters. The lowest BCUT2D eigenvalue weighted by Gasteiger charge is -2.57. The zero-order chi connectivity index (χ0) is 48.4. The van der Waals surface area contributed by atoms with Crippen molar-refractivity contribution in [3.8, 4) is 0 Å². The van der Waals surface area contributed by atoms with Gasteiger partial charge in [-0.25, -0.2) is 0 Å². The number of allylic oxidation sites excluding steroid dienone is 8. The van der Waals surface area contributed by atoms with E-state index in [-0.39, 0.29) is 28.1 Å². The van der Waals surface area contributed by atoms with E-state index in [1.165, 1.54) is 53.5 Å². The maximum absolute atomic E-state index is 11.9. The molecule has 0 aliphatic heterocycles. The van der Waals surface area contributed by atoms with Crippen molar-refractivity contribution in [2.45, 2.75) is 204 Å². The van der Waals surface area contributed by atoms with E-state index >= 15 is 0 Å². The Morgan fingerprint density at radius 1 is 0.561 bits per heavy atom. The summed E-state index contributed by atoms with van der Waals surface area (Å²) in [5, 5.41) is 29.5. The van der Waals surface area contributed by atoms with Crippen molar-refractivity contribution in [2.24, 2.45) is 68.5 Å². The van der Waals surface area contributed by atoms with Gasteiger partial charge >= 0.3 is 17.9 Å². The quantitative estimate of drug-likeness (QED) is 0.262. The molecule has 6 heteroatoms. The van der Waals surface area contributed by atoms with Gasteiger partial charge in [0.25, 0.3) is 0 Å². The lowest BCUT2D eigenvalue weighted by molar-refractivity contribution is -0.164. The van der Waals surface area contributed by atoms with Gasteiger partial charge in [-0.05, 0) is 202 Å². The molecule has 8 aliphatic carbocycles. The molecule has 0 radical (unpaired) electrons. The summed E-state index contributed by atoms with van der Waals surface area (Å²) in [5.74, 6) is 1.98. The summed E-state index contributed by atoms with van der Waals surface area (Å²) in [6.07, 6.45) is 27.4. The first-order valence-corrected chi connectivity index (χ1v) is 26.5. The highest BCUT2D eigenvalue weighted by Gasteiger charge is 2.59. The third-order valence-corrected chi connectivity index (χ3v) is 20.6. The van der Waals surface area contributed by atoms with E-state index in [0.717, 1.165) is 83.5 Å². The molecular weight excluding hydrogens is 817 g/mol. The number of aryl methyl sites for hydroxylation is 1. The minimum Gasteiger partial charge on any atom is -0.481 e. The fourth-order valence-electron chi connectivity index (χ4n) is 16.4. The van der Waals surface area contributed by atoms with Crippen LogP contribution in [0.3, 0.4) is 0 Å². The largest absolute Gasteiger partial charge is 0.481 e. The van der Waals surface area contributed by atoms with Crippen LogP contribution in [-0.4, -0.2) is 33.2 Å². The molecule has 1 aromatic carbocycles. The van der Waals surface area contributed by atoms with Crippen LogP contribution in [0.15, 0.2) is 64.8 Å². The molecule has 364 valence electrons. The zero-order valence-corrected chi connectivity index (χ0v) is 43.2. The van der Waals surface area contributed by atoms with E-state index in [2.05, 4.69) is 105 Å². The smallest absolute Gasteiger partial charge is 0.309 e. The molecule has 0 bridgehead atoms. The third kappa shape index (κ3) is 8.55. The molecule has 4 fully saturated rings. The number of carboxylic acid groups (broad SMARTS) is 3. The van der Waals surface area contributed by atoms with Crippen LogP contribution in [0.5, 0.6) is 0 Å². The maximum Gasteiger partial charge on any atom is 0.309 e. The summed E-state index contributed by atoms with van der Waals surface area (Å²) in [6.45, 7) is 26.6. The number of fused-ring (bicyclic) bond motifs is 9. The summed E-state index contributed by atoms with van der Waals surface area (Å²) < 4.78 is 0. The molecule has 0 aromatic heterocycles. The van der Waals surface area contributed by atoms with Crippen molar-refractivity contribution in [3.05, 3.63) is 81.5 Å². The van der Waals surface area contributed by atoms with Gasteiger partial charge in [-0.3, -0.25) is 14.4 Å². The molecule has 66 heavy (non-hydrogen) atoms. The van der Waals surface area contributed by atoms with Gasteiger partial charge in [-0.1, -0.05) is 135 Å². The zero-order valence-electron chi connectivity index (χ0n) is 43.2. The Balaban J connectivity index is 0.000000147. The van der Waals surface area contributed by atoms with Crippen molar-refractivity contribution in [3.63, 3.8) is 0 Å². The minimum atomic E-state index is -0.606. The van der Waals surface area contributed by atoms with Gasteiger partial charge in [-0.15, -0.1) is 0 Å². The first-order chi connectivity index (χ1) is 30.9. The topological polar surface area (TPSA) is 112 Å². The fraction of sp³-hybridized carbons (Fsp3) is 0.717. The average Bonchev–Trinajstić information content (AvgIpc) is 3.26. The van der Waals surface area contributed by atoms with E-state index in [9.17, 15) is 29.7 Å². The van der Waals surface area contributed by atoms with Crippen LogP contribution in [0.2, 0.25) is 0 Å². The van der Waals surface area contributed by atoms with Crippen LogP contribution in [0.1, 0.15) is 208 Å². The second-order valence-electron chi connectivity index (χ2n) is 25.2.